The fraction of sp³-hybridized carbons (Fsp3) is 0.438. The predicted octanol–water partition coefficient (Wildman–Crippen LogP) is 4.73. The molecule has 1 spiro atoms. The molecule has 41 heavy (non-hydrogen) atoms. The van der Waals surface area contributed by atoms with Gasteiger partial charge in [0.2, 0.25) is 0 Å². The largest absolute Gasteiger partial charge is 0.487 e. The van der Waals surface area contributed by atoms with Crippen LogP contribution in [0.5, 0.6) is 11.5 Å². The zero-order valence-corrected chi connectivity index (χ0v) is 23.0. The van der Waals surface area contributed by atoms with Gasteiger partial charge in [-0.1, -0.05) is 12.0 Å². The summed E-state index contributed by atoms with van der Waals surface area (Å²) >= 11 is 0. The number of esters is 1. The normalized spacial score (nSPS) is 27.5. The molecule has 2 bridgehead atoms. The standard InChI is InChI=1S/C32H31F3N2O4/c1-4-16-37-17-15-31-23-10-11-24(36(3)28(39)14-7-20-5-8-21(9-6-20)32(33,34)35)30(31)41-27-13-12-26(40-19(2)38)22(29(27)31)18-25(23)37/h4-6,8-9,12-13,23-25,30H,1,10-11,15-18H2,2-3H3/t23-,24-,25+,30-,31-/m0/s1. The van der Waals surface area contributed by atoms with E-state index in [0.717, 1.165) is 67.8 Å². The minimum Gasteiger partial charge on any atom is -0.487 e. The average molecular weight is 565 g/mol. The Hall–Kier alpha value is -3.77. The third-order valence-corrected chi connectivity index (χ3v) is 9.36. The predicted molar refractivity (Wildman–Crippen MR) is 145 cm³/mol. The molecule has 9 heteroatoms. The number of carbonyl (C=O) groups is 2. The van der Waals surface area contributed by atoms with Crippen molar-refractivity contribution < 1.29 is 32.2 Å². The van der Waals surface area contributed by atoms with Crippen molar-refractivity contribution in [2.75, 3.05) is 20.1 Å². The van der Waals surface area contributed by atoms with Gasteiger partial charge in [-0.2, -0.15) is 13.2 Å². The molecule has 0 unspecified atom stereocenters. The van der Waals surface area contributed by atoms with E-state index in [4.69, 9.17) is 9.47 Å². The first kappa shape index (κ1) is 27.4. The summed E-state index contributed by atoms with van der Waals surface area (Å²) in [5, 5.41) is 0. The van der Waals surface area contributed by atoms with Crippen LogP contribution in [0.3, 0.4) is 0 Å². The highest BCUT2D eigenvalue weighted by Gasteiger charge is 2.66. The van der Waals surface area contributed by atoms with Gasteiger partial charge in [-0.05, 0) is 74.5 Å². The van der Waals surface area contributed by atoms with Crippen molar-refractivity contribution in [1.29, 1.82) is 0 Å². The molecule has 1 amide bonds. The minimum atomic E-state index is -4.43. The Bertz CT molecular complexity index is 1470. The van der Waals surface area contributed by atoms with E-state index in [0.29, 0.717) is 17.2 Å². The van der Waals surface area contributed by atoms with Gasteiger partial charge in [0.25, 0.3) is 5.91 Å². The number of rotatable bonds is 4. The highest BCUT2D eigenvalue weighted by atomic mass is 19.4. The van der Waals surface area contributed by atoms with E-state index < -0.39 is 17.6 Å². The monoisotopic (exact) mass is 564 g/mol. The molecule has 2 fully saturated rings. The first-order valence-electron chi connectivity index (χ1n) is 13.9. The van der Waals surface area contributed by atoms with Gasteiger partial charge in [0, 0.05) is 54.6 Å². The van der Waals surface area contributed by atoms with Crippen molar-refractivity contribution in [3.05, 3.63) is 71.3 Å². The van der Waals surface area contributed by atoms with E-state index in [2.05, 4.69) is 23.3 Å². The Kier molecular flexibility index (Phi) is 6.65. The summed E-state index contributed by atoms with van der Waals surface area (Å²) in [5.41, 5.74) is 1.36. The number of ether oxygens (including phenoxy) is 2. The quantitative estimate of drug-likeness (QED) is 0.233. The average Bonchev–Trinajstić information content (AvgIpc) is 3.27. The molecule has 0 radical (unpaired) electrons. The fourth-order valence-corrected chi connectivity index (χ4v) is 7.74. The van der Waals surface area contributed by atoms with Gasteiger partial charge in [-0.15, -0.1) is 6.58 Å². The summed E-state index contributed by atoms with van der Waals surface area (Å²) in [6.07, 6.45) is 0.415. The van der Waals surface area contributed by atoms with Crippen LogP contribution in [0.4, 0.5) is 13.2 Å². The first-order valence-corrected chi connectivity index (χ1v) is 13.9. The molecule has 0 aromatic heterocycles. The third-order valence-electron chi connectivity index (χ3n) is 9.36. The van der Waals surface area contributed by atoms with Crippen molar-refractivity contribution in [2.24, 2.45) is 5.92 Å². The lowest BCUT2D eigenvalue weighted by molar-refractivity contribution is -0.137. The second-order valence-electron chi connectivity index (χ2n) is 11.4. The lowest BCUT2D eigenvalue weighted by Gasteiger charge is -2.60. The highest BCUT2D eigenvalue weighted by Crippen LogP contribution is 2.63. The van der Waals surface area contributed by atoms with Crippen LogP contribution in [-0.4, -0.2) is 60.0 Å². The second kappa shape index (κ2) is 9.95. The Morgan fingerprint density at radius 3 is 2.66 bits per heavy atom. The van der Waals surface area contributed by atoms with E-state index >= 15 is 0 Å². The van der Waals surface area contributed by atoms with Gasteiger partial charge in [0.15, 0.2) is 0 Å². The molecular weight excluding hydrogens is 533 g/mol. The smallest absolute Gasteiger partial charge is 0.416 e. The Morgan fingerprint density at radius 2 is 1.98 bits per heavy atom. The maximum absolute atomic E-state index is 13.3. The summed E-state index contributed by atoms with van der Waals surface area (Å²) in [6, 6.07) is 8.12. The summed E-state index contributed by atoms with van der Waals surface area (Å²) in [6.45, 7) is 6.98. The van der Waals surface area contributed by atoms with Crippen LogP contribution in [0.1, 0.15) is 48.4 Å². The molecule has 2 aliphatic heterocycles. The number of piperidine rings is 1. The van der Waals surface area contributed by atoms with Gasteiger partial charge >= 0.3 is 12.1 Å². The molecule has 0 N–H and O–H groups in total. The van der Waals surface area contributed by atoms with Gasteiger partial charge in [0.1, 0.15) is 17.6 Å². The minimum absolute atomic E-state index is 0.226. The van der Waals surface area contributed by atoms with Crippen LogP contribution in [0.25, 0.3) is 0 Å². The molecule has 2 heterocycles. The molecule has 2 aromatic rings. The number of hydrogen-bond acceptors (Lipinski definition) is 5. The first-order chi connectivity index (χ1) is 19.5. The van der Waals surface area contributed by atoms with E-state index in [1.165, 1.54) is 19.1 Å². The molecule has 1 saturated heterocycles. The van der Waals surface area contributed by atoms with Crippen LogP contribution >= 0.6 is 0 Å². The zero-order valence-electron chi connectivity index (χ0n) is 23.0. The van der Waals surface area contributed by atoms with Crippen LogP contribution in [0, 0.1) is 17.8 Å². The number of alkyl halides is 3. The molecule has 4 aliphatic rings. The number of likely N-dealkylation sites (tertiary alicyclic amines) is 1. The topological polar surface area (TPSA) is 59.1 Å². The van der Waals surface area contributed by atoms with E-state index in [1.54, 1.807) is 18.0 Å². The van der Waals surface area contributed by atoms with E-state index in [9.17, 15) is 22.8 Å². The summed E-state index contributed by atoms with van der Waals surface area (Å²) in [5.74, 6) is 6.21. The molecule has 2 aliphatic carbocycles. The summed E-state index contributed by atoms with van der Waals surface area (Å²) in [7, 11) is 1.72. The van der Waals surface area contributed by atoms with E-state index in [1.807, 2.05) is 12.1 Å². The van der Waals surface area contributed by atoms with Crippen molar-refractivity contribution in [1.82, 2.24) is 9.80 Å². The second-order valence-corrected chi connectivity index (χ2v) is 11.4. The molecule has 214 valence electrons. The maximum Gasteiger partial charge on any atom is 0.416 e. The van der Waals surface area contributed by atoms with Crippen molar-refractivity contribution >= 4 is 11.9 Å². The summed E-state index contributed by atoms with van der Waals surface area (Å²) < 4.78 is 51.0. The number of amides is 1. The van der Waals surface area contributed by atoms with Crippen LogP contribution in [0.15, 0.2) is 49.1 Å². The Morgan fingerprint density at radius 1 is 1.22 bits per heavy atom. The maximum atomic E-state index is 13.3. The number of nitrogens with zero attached hydrogens (tertiary/aromatic N) is 2. The molecular formula is C32H31F3N2O4. The third kappa shape index (κ3) is 4.40. The van der Waals surface area contributed by atoms with Crippen LogP contribution in [-0.2, 0) is 27.6 Å². The molecule has 6 rings (SSSR count). The van der Waals surface area contributed by atoms with Crippen molar-refractivity contribution in [3.8, 4) is 23.3 Å². The highest BCUT2D eigenvalue weighted by molar-refractivity contribution is 5.94. The number of benzene rings is 2. The van der Waals surface area contributed by atoms with Gasteiger partial charge < -0.3 is 14.4 Å². The number of carbonyl (C=O) groups excluding carboxylic acids is 2. The molecule has 5 atom stereocenters. The Balaban J connectivity index is 1.32. The molecule has 6 nitrogen and oxygen atoms in total. The number of likely N-dealkylation sites (N-methyl/N-ethyl adjacent to an activating group) is 1. The lowest BCUT2D eigenvalue weighted by Crippen LogP contribution is -2.68. The molecule has 1 saturated carbocycles. The van der Waals surface area contributed by atoms with Gasteiger partial charge in [-0.25, -0.2) is 0 Å². The van der Waals surface area contributed by atoms with Gasteiger partial charge in [0.05, 0.1) is 11.6 Å². The van der Waals surface area contributed by atoms with Gasteiger partial charge in [-0.3, -0.25) is 14.5 Å². The van der Waals surface area contributed by atoms with Crippen molar-refractivity contribution in [3.63, 3.8) is 0 Å². The van der Waals surface area contributed by atoms with Crippen molar-refractivity contribution in [2.45, 2.75) is 62.4 Å². The van der Waals surface area contributed by atoms with Crippen LogP contribution in [0.2, 0.25) is 0 Å². The number of hydrogen-bond donors (Lipinski definition) is 0. The fourth-order valence-electron chi connectivity index (χ4n) is 7.74. The van der Waals surface area contributed by atoms with E-state index in [-0.39, 0.29) is 29.6 Å². The zero-order chi connectivity index (χ0) is 29.1. The lowest BCUT2D eigenvalue weighted by atomic mass is 9.51. The molecule has 2 aromatic carbocycles. The number of halogens is 3. The van der Waals surface area contributed by atoms with Crippen LogP contribution < -0.4 is 9.47 Å². The SMILES string of the molecule is C=CCN1CC[C@@]23c4c5ccc(OC(C)=O)c4C[C@@H]1[C@@H]2CC[C@H](N(C)C(=O)C#Cc1ccc(C(F)(F)F)cc1)[C@@H]3O5. The Labute approximate surface area is 237 Å². The summed E-state index contributed by atoms with van der Waals surface area (Å²) in [4.78, 5) is 29.3.